The first-order chi connectivity index (χ1) is 12.0. The fraction of sp³-hybridized carbons (Fsp3) is 0.750. The van der Waals surface area contributed by atoms with Gasteiger partial charge in [-0.2, -0.15) is 0 Å². The first-order valence-corrected chi connectivity index (χ1v) is 10.7. The molecule has 1 unspecified atom stereocenters. The van der Waals surface area contributed by atoms with Crippen molar-refractivity contribution in [1.29, 1.82) is 0 Å². The van der Waals surface area contributed by atoms with E-state index < -0.39 is 10.0 Å². The van der Waals surface area contributed by atoms with Crippen LogP contribution in [0.1, 0.15) is 24.8 Å². The van der Waals surface area contributed by atoms with Gasteiger partial charge in [0.15, 0.2) is 0 Å². The zero-order valence-electron chi connectivity index (χ0n) is 14.7. The van der Waals surface area contributed by atoms with Gasteiger partial charge in [0, 0.05) is 57.3 Å². The quantitative estimate of drug-likeness (QED) is 0.783. The van der Waals surface area contributed by atoms with Gasteiger partial charge in [-0.1, -0.05) is 0 Å². The van der Waals surface area contributed by atoms with Crippen molar-refractivity contribution in [3.05, 3.63) is 18.0 Å². The third-order valence-corrected chi connectivity index (χ3v) is 5.94. The highest BCUT2D eigenvalue weighted by atomic mass is 32.2. The van der Waals surface area contributed by atoms with Crippen molar-refractivity contribution in [2.75, 3.05) is 50.9 Å². The molecule has 2 aliphatic rings. The van der Waals surface area contributed by atoms with Gasteiger partial charge in [-0.25, -0.2) is 22.7 Å². The predicted octanol–water partition coefficient (Wildman–Crippen LogP) is 0.535. The molecule has 25 heavy (non-hydrogen) atoms. The number of sulfonamides is 1. The third-order valence-electron chi connectivity index (χ3n) is 4.64. The molecular formula is C16H27N5O3S. The summed E-state index contributed by atoms with van der Waals surface area (Å²) in [6.07, 6.45) is 8.27. The normalized spacial score (nSPS) is 23.5. The Bertz CT molecular complexity index is 646. The lowest BCUT2D eigenvalue weighted by Gasteiger charge is -2.20. The van der Waals surface area contributed by atoms with Crippen molar-refractivity contribution in [2.45, 2.75) is 31.9 Å². The molecule has 0 spiro atoms. The first kappa shape index (κ1) is 18.5. The van der Waals surface area contributed by atoms with E-state index in [0.717, 1.165) is 57.6 Å². The number of nitrogens with one attached hydrogen (secondary N) is 1. The van der Waals surface area contributed by atoms with E-state index in [0.29, 0.717) is 19.0 Å². The maximum atomic E-state index is 11.7. The Labute approximate surface area is 149 Å². The average Bonchev–Trinajstić information content (AvgIpc) is 2.98. The van der Waals surface area contributed by atoms with E-state index in [2.05, 4.69) is 20.2 Å². The fourth-order valence-corrected chi connectivity index (χ4v) is 4.11. The van der Waals surface area contributed by atoms with Crippen LogP contribution in [0.15, 0.2) is 12.4 Å². The molecular weight excluding hydrogens is 342 g/mol. The molecule has 3 heterocycles. The van der Waals surface area contributed by atoms with Crippen LogP contribution in [0.4, 0.5) is 5.95 Å². The number of hydrogen-bond acceptors (Lipinski definition) is 7. The van der Waals surface area contributed by atoms with Crippen LogP contribution in [0.25, 0.3) is 0 Å². The third kappa shape index (κ3) is 5.60. The average molecular weight is 369 g/mol. The van der Waals surface area contributed by atoms with Gasteiger partial charge in [0.25, 0.3) is 0 Å². The van der Waals surface area contributed by atoms with Crippen LogP contribution in [0.3, 0.4) is 0 Å². The summed E-state index contributed by atoms with van der Waals surface area (Å²) in [6.45, 7) is 5.07. The van der Waals surface area contributed by atoms with Gasteiger partial charge in [-0.3, -0.25) is 4.90 Å². The molecule has 3 rings (SSSR count). The molecule has 0 bridgehead atoms. The van der Waals surface area contributed by atoms with Crippen molar-refractivity contribution in [1.82, 2.24) is 19.2 Å². The molecule has 0 saturated carbocycles. The van der Waals surface area contributed by atoms with E-state index in [9.17, 15) is 8.42 Å². The number of ether oxygens (including phenoxy) is 1. The summed E-state index contributed by atoms with van der Waals surface area (Å²) in [6, 6.07) is 0. The smallest absolute Gasteiger partial charge is 0.222 e. The second-order valence-electron chi connectivity index (χ2n) is 6.72. The summed E-state index contributed by atoms with van der Waals surface area (Å²) in [5, 5.41) is 3.22. The standard InChI is InChI=1S/C16H27N5O3S/c1-25(22,23)21-6-3-5-20(7-8-21)13-14-10-17-16(18-11-14)19-12-15-4-2-9-24-15/h10-11,15H,2-9,12-13H2,1H3,(H,17,18,19). The molecule has 2 saturated heterocycles. The lowest BCUT2D eigenvalue weighted by molar-refractivity contribution is 0.120. The fourth-order valence-electron chi connectivity index (χ4n) is 3.23. The molecule has 2 aliphatic heterocycles. The Morgan fingerprint density at radius 1 is 1.20 bits per heavy atom. The minimum Gasteiger partial charge on any atom is -0.376 e. The highest BCUT2D eigenvalue weighted by Crippen LogP contribution is 2.13. The molecule has 1 aromatic heterocycles. The Hall–Kier alpha value is -1.29. The minimum absolute atomic E-state index is 0.262. The SMILES string of the molecule is CS(=O)(=O)N1CCCN(Cc2cnc(NCC3CCCO3)nc2)CC1. The molecule has 1 aromatic rings. The van der Waals surface area contributed by atoms with Gasteiger partial charge in [0.2, 0.25) is 16.0 Å². The molecule has 1 atom stereocenters. The van der Waals surface area contributed by atoms with Crippen LogP contribution in [-0.4, -0.2) is 79.3 Å². The van der Waals surface area contributed by atoms with E-state index in [1.54, 1.807) is 4.31 Å². The number of anilines is 1. The molecule has 1 N–H and O–H groups in total. The van der Waals surface area contributed by atoms with E-state index in [4.69, 9.17) is 4.74 Å². The van der Waals surface area contributed by atoms with Crippen LogP contribution >= 0.6 is 0 Å². The molecule has 0 amide bonds. The molecule has 0 aromatic carbocycles. The Kier molecular flexibility index (Phi) is 6.21. The molecule has 2 fully saturated rings. The first-order valence-electron chi connectivity index (χ1n) is 8.84. The number of aromatic nitrogens is 2. The van der Waals surface area contributed by atoms with Crippen molar-refractivity contribution < 1.29 is 13.2 Å². The largest absolute Gasteiger partial charge is 0.376 e. The molecule has 8 nitrogen and oxygen atoms in total. The van der Waals surface area contributed by atoms with Crippen molar-refractivity contribution >= 4 is 16.0 Å². The maximum Gasteiger partial charge on any atom is 0.222 e. The lowest BCUT2D eigenvalue weighted by Crippen LogP contribution is -2.34. The summed E-state index contributed by atoms with van der Waals surface area (Å²) in [5.41, 5.74) is 1.04. The zero-order chi connectivity index (χ0) is 17.7. The molecule has 0 radical (unpaired) electrons. The summed E-state index contributed by atoms with van der Waals surface area (Å²) in [4.78, 5) is 11.0. The highest BCUT2D eigenvalue weighted by molar-refractivity contribution is 7.88. The monoisotopic (exact) mass is 369 g/mol. The van der Waals surface area contributed by atoms with Gasteiger partial charge in [0.05, 0.1) is 12.4 Å². The van der Waals surface area contributed by atoms with Gasteiger partial charge >= 0.3 is 0 Å². The van der Waals surface area contributed by atoms with E-state index in [1.165, 1.54) is 6.26 Å². The number of nitrogens with zero attached hydrogens (tertiary/aromatic N) is 4. The highest BCUT2D eigenvalue weighted by Gasteiger charge is 2.21. The van der Waals surface area contributed by atoms with Crippen LogP contribution in [0, 0.1) is 0 Å². The summed E-state index contributed by atoms with van der Waals surface area (Å²) >= 11 is 0. The zero-order valence-corrected chi connectivity index (χ0v) is 15.5. The maximum absolute atomic E-state index is 11.7. The van der Waals surface area contributed by atoms with Crippen molar-refractivity contribution in [2.24, 2.45) is 0 Å². The molecule has 140 valence electrons. The van der Waals surface area contributed by atoms with Gasteiger partial charge in [0.1, 0.15) is 0 Å². The number of rotatable bonds is 6. The molecule has 0 aliphatic carbocycles. The van der Waals surface area contributed by atoms with Crippen LogP contribution in [-0.2, 0) is 21.3 Å². The van der Waals surface area contributed by atoms with Gasteiger partial charge < -0.3 is 10.1 Å². The number of hydrogen-bond donors (Lipinski definition) is 1. The molecule has 9 heteroatoms. The summed E-state index contributed by atoms with van der Waals surface area (Å²) < 4.78 is 30.5. The van der Waals surface area contributed by atoms with E-state index in [1.807, 2.05) is 12.4 Å². The van der Waals surface area contributed by atoms with E-state index >= 15 is 0 Å². The summed E-state index contributed by atoms with van der Waals surface area (Å²) in [5.74, 6) is 0.623. The van der Waals surface area contributed by atoms with Crippen LogP contribution < -0.4 is 5.32 Å². The van der Waals surface area contributed by atoms with E-state index in [-0.39, 0.29) is 6.10 Å². The Balaban J connectivity index is 1.47. The second-order valence-corrected chi connectivity index (χ2v) is 8.71. The van der Waals surface area contributed by atoms with Gasteiger partial charge in [-0.05, 0) is 25.8 Å². The van der Waals surface area contributed by atoms with Gasteiger partial charge in [-0.15, -0.1) is 0 Å². The predicted molar refractivity (Wildman–Crippen MR) is 95.8 cm³/mol. The second kappa shape index (κ2) is 8.39. The van der Waals surface area contributed by atoms with Crippen LogP contribution in [0.2, 0.25) is 0 Å². The topological polar surface area (TPSA) is 87.7 Å². The van der Waals surface area contributed by atoms with Crippen molar-refractivity contribution in [3.8, 4) is 0 Å². The minimum atomic E-state index is -3.10. The summed E-state index contributed by atoms with van der Waals surface area (Å²) in [7, 11) is -3.10. The Morgan fingerprint density at radius 3 is 2.68 bits per heavy atom. The Morgan fingerprint density at radius 2 is 2.00 bits per heavy atom. The van der Waals surface area contributed by atoms with Crippen LogP contribution in [0.5, 0.6) is 0 Å². The lowest BCUT2D eigenvalue weighted by atomic mass is 10.2. The van der Waals surface area contributed by atoms with Crippen molar-refractivity contribution in [3.63, 3.8) is 0 Å².